The van der Waals surface area contributed by atoms with E-state index in [1.807, 2.05) is 18.7 Å². The fraction of sp³-hybridized carbons (Fsp3) is 0.786. The van der Waals surface area contributed by atoms with Gasteiger partial charge in [-0.1, -0.05) is 18.5 Å². The molecule has 1 saturated heterocycles. The van der Waals surface area contributed by atoms with Crippen LogP contribution in [0.15, 0.2) is 0 Å². The lowest BCUT2D eigenvalue weighted by Gasteiger charge is -2.37. The number of hydrogen-bond donors (Lipinski definition) is 1. The topological polar surface area (TPSA) is 39.1 Å². The van der Waals surface area contributed by atoms with Gasteiger partial charge < -0.3 is 10.1 Å². The van der Waals surface area contributed by atoms with Crippen LogP contribution in [0.1, 0.15) is 31.2 Å². The maximum atomic E-state index is 6.38. The van der Waals surface area contributed by atoms with E-state index in [2.05, 4.69) is 17.3 Å². The molecule has 1 aliphatic heterocycles. The van der Waals surface area contributed by atoms with Crippen LogP contribution in [0.2, 0.25) is 5.02 Å². The molecule has 1 aliphatic rings. The molecular formula is C14H24ClN3O. The Kier molecular flexibility index (Phi) is 4.87. The van der Waals surface area contributed by atoms with Gasteiger partial charge in [0.25, 0.3) is 0 Å². The van der Waals surface area contributed by atoms with Crippen molar-refractivity contribution in [2.75, 3.05) is 26.3 Å². The molecule has 0 aromatic carbocycles. The summed E-state index contributed by atoms with van der Waals surface area (Å²) in [5.74, 6) is 0. The Hall–Kier alpha value is -0.580. The van der Waals surface area contributed by atoms with Crippen LogP contribution in [0.3, 0.4) is 0 Å². The molecule has 0 aliphatic carbocycles. The smallest absolute Gasteiger partial charge is 0.0847 e. The van der Waals surface area contributed by atoms with Crippen molar-refractivity contribution in [3.05, 3.63) is 16.4 Å². The highest BCUT2D eigenvalue weighted by atomic mass is 35.5. The molecule has 0 bridgehead atoms. The predicted molar refractivity (Wildman–Crippen MR) is 77.7 cm³/mol. The minimum Gasteiger partial charge on any atom is -0.381 e. The van der Waals surface area contributed by atoms with Crippen molar-refractivity contribution in [2.45, 2.75) is 33.1 Å². The number of ether oxygens (including phenoxy) is 1. The zero-order chi connectivity index (χ0) is 13.9. The Morgan fingerprint density at radius 3 is 2.84 bits per heavy atom. The third-order valence-corrected chi connectivity index (χ3v) is 4.45. The number of nitrogens with one attached hydrogen (secondary N) is 1. The van der Waals surface area contributed by atoms with Gasteiger partial charge in [-0.3, -0.25) is 4.68 Å². The largest absolute Gasteiger partial charge is 0.381 e. The van der Waals surface area contributed by atoms with Gasteiger partial charge in [-0.05, 0) is 32.7 Å². The van der Waals surface area contributed by atoms with Crippen LogP contribution >= 0.6 is 11.6 Å². The normalized spacial score (nSPS) is 23.8. The number of nitrogens with zero attached hydrogens (tertiary/aromatic N) is 2. The molecule has 1 aromatic rings. The quantitative estimate of drug-likeness (QED) is 0.902. The molecule has 1 fully saturated rings. The summed E-state index contributed by atoms with van der Waals surface area (Å²) in [6, 6.07) is 0. The Balaban J connectivity index is 2.19. The van der Waals surface area contributed by atoms with Crippen molar-refractivity contribution >= 4 is 11.6 Å². The van der Waals surface area contributed by atoms with Crippen LogP contribution in [-0.2, 0) is 18.2 Å². The van der Waals surface area contributed by atoms with Crippen molar-refractivity contribution in [1.82, 2.24) is 15.1 Å². The van der Waals surface area contributed by atoms with E-state index in [9.17, 15) is 0 Å². The molecule has 0 saturated carbocycles. The Labute approximate surface area is 120 Å². The third-order valence-electron chi connectivity index (χ3n) is 3.96. The summed E-state index contributed by atoms with van der Waals surface area (Å²) in [5.41, 5.74) is 2.19. The van der Waals surface area contributed by atoms with Crippen molar-refractivity contribution in [3.8, 4) is 0 Å². The van der Waals surface area contributed by atoms with Crippen LogP contribution in [-0.4, -0.2) is 36.1 Å². The zero-order valence-corrected chi connectivity index (χ0v) is 12.9. The fourth-order valence-corrected chi connectivity index (χ4v) is 3.10. The maximum absolute atomic E-state index is 6.38. The van der Waals surface area contributed by atoms with Crippen molar-refractivity contribution < 1.29 is 4.74 Å². The van der Waals surface area contributed by atoms with E-state index >= 15 is 0 Å². The molecule has 108 valence electrons. The van der Waals surface area contributed by atoms with Gasteiger partial charge in [-0.25, -0.2) is 0 Å². The highest BCUT2D eigenvalue weighted by Crippen LogP contribution is 2.34. The van der Waals surface area contributed by atoms with Crippen molar-refractivity contribution in [1.29, 1.82) is 0 Å². The lowest BCUT2D eigenvalue weighted by atomic mass is 9.78. The second-order valence-corrected chi connectivity index (χ2v) is 5.96. The molecule has 4 nitrogen and oxygen atoms in total. The second-order valence-electron chi connectivity index (χ2n) is 5.58. The highest BCUT2D eigenvalue weighted by molar-refractivity contribution is 6.31. The van der Waals surface area contributed by atoms with Gasteiger partial charge >= 0.3 is 0 Å². The number of aromatic nitrogens is 2. The molecule has 1 aromatic heterocycles. The summed E-state index contributed by atoms with van der Waals surface area (Å²) in [6.45, 7) is 7.75. The first-order valence-electron chi connectivity index (χ1n) is 7.04. The molecule has 0 radical (unpaired) electrons. The van der Waals surface area contributed by atoms with E-state index in [0.29, 0.717) is 0 Å². The average molecular weight is 286 g/mol. The third kappa shape index (κ3) is 3.30. The number of hydrogen-bond acceptors (Lipinski definition) is 3. The molecule has 2 heterocycles. The fourth-order valence-electron chi connectivity index (χ4n) is 2.87. The molecular weight excluding hydrogens is 262 g/mol. The standard InChI is InChI=1S/C14H24ClN3O/c1-4-16-9-14(6-5-7-19-10-14)8-12-13(15)11(2)17-18(12)3/h16H,4-10H2,1-3H3. The first kappa shape index (κ1) is 14.8. The molecule has 1 unspecified atom stereocenters. The zero-order valence-electron chi connectivity index (χ0n) is 12.1. The highest BCUT2D eigenvalue weighted by Gasteiger charge is 2.34. The van der Waals surface area contributed by atoms with Gasteiger partial charge in [0.15, 0.2) is 0 Å². The minimum absolute atomic E-state index is 0.151. The van der Waals surface area contributed by atoms with Crippen LogP contribution in [0.4, 0.5) is 0 Å². The average Bonchev–Trinajstić information content (AvgIpc) is 2.64. The molecule has 19 heavy (non-hydrogen) atoms. The number of aryl methyl sites for hydroxylation is 2. The monoisotopic (exact) mass is 285 g/mol. The van der Waals surface area contributed by atoms with Crippen LogP contribution < -0.4 is 5.32 Å². The summed E-state index contributed by atoms with van der Waals surface area (Å²) in [4.78, 5) is 0. The predicted octanol–water partition coefficient (Wildman–Crippen LogP) is 2.33. The van der Waals surface area contributed by atoms with Gasteiger partial charge in [0.05, 0.1) is 23.0 Å². The second kappa shape index (κ2) is 6.25. The van der Waals surface area contributed by atoms with E-state index in [4.69, 9.17) is 16.3 Å². The molecule has 1 N–H and O–H groups in total. The van der Waals surface area contributed by atoms with Gasteiger partial charge in [-0.2, -0.15) is 5.10 Å². The summed E-state index contributed by atoms with van der Waals surface area (Å²) in [5, 5.41) is 8.69. The maximum Gasteiger partial charge on any atom is 0.0847 e. The Morgan fingerprint density at radius 2 is 2.32 bits per heavy atom. The van der Waals surface area contributed by atoms with E-state index in [1.165, 1.54) is 6.42 Å². The number of rotatable bonds is 5. The van der Waals surface area contributed by atoms with E-state index in [1.54, 1.807) is 0 Å². The Morgan fingerprint density at radius 1 is 1.53 bits per heavy atom. The molecule has 5 heteroatoms. The van der Waals surface area contributed by atoms with Gasteiger partial charge in [0, 0.05) is 25.6 Å². The minimum atomic E-state index is 0.151. The molecule has 2 rings (SSSR count). The van der Waals surface area contributed by atoms with Crippen LogP contribution in [0.5, 0.6) is 0 Å². The molecule has 0 spiro atoms. The lowest BCUT2D eigenvalue weighted by Crippen LogP contribution is -2.43. The van der Waals surface area contributed by atoms with Crippen LogP contribution in [0.25, 0.3) is 0 Å². The van der Waals surface area contributed by atoms with Gasteiger partial charge in [0.1, 0.15) is 0 Å². The first-order chi connectivity index (χ1) is 9.08. The number of halogens is 1. The Bertz CT molecular complexity index is 425. The van der Waals surface area contributed by atoms with Gasteiger partial charge in [-0.15, -0.1) is 0 Å². The SMILES string of the molecule is CCNCC1(Cc2c(Cl)c(C)nn2C)CCCOC1. The van der Waals surface area contributed by atoms with E-state index in [0.717, 1.165) is 55.6 Å². The van der Waals surface area contributed by atoms with Crippen LogP contribution in [0, 0.1) is 12.3 Å². The van der Waals surface area contributed by atoms with Crippen molar-refractivity contribution in [2.24, 2.45) is 12.5 Å². The molecule has 1 atom stereocenters. The summed E-state index contributed by atoms with van der Waals surface area (Å²) < 4.78 is 7.65. The lowest BCUT2D eigenvalue weighted by molar-refractivity contribution is -0.00779. The summed E-state index contributed by atoms with van der Waals surface area (Å²) >= 11 is 6.38. The summed E-state index contributed by atoms with van der Waals surface area (Å²) in [6.07, 6.45) is 3.23. The van der Waals surface area contributed by atoms with E-state index < -0.39 is 0 Å². The summed E-state index contributed by atoms with van der Waals surface area (Å²) in [7, 11) is 1.97. The van der Waals surface area contributed by atoms with Crippen molar-refractivity contribution in [3.63, 3.8) is 0 Å². The first-order valence-corrected chi connectivity index (χ1v) is 7.42. The van der Waals surface area contributed by atoms with E-state index in [-0.39, 0.29) is 5.41 Å². The molecule has 0 amide bonds. The van der Waals surface area contributed by atoms with Gasteiger partial charge in [0.2, 0.25) is 0 Å².